The standard InChI is InChI=1S/C19H21N3O3S/c1-12-15-6-5-14(24-2)9-16(15)25-17(12)18(23)20-10-13-11-26-19(21-13)22-7-3-4-8-22/h5-6,9,11H,3-4,7-8,10H2,1-2H3,(H,20,23). The van der Waals surface area contributed by atoms with E-state index in [-0.39, 0.29) is 5.91 Å². The van der Waals surface area contributed by atoms with Crippen molar-refractivity contribution in [3.8, 4) is 5.75 Å². The largest absolute Gasteiger partial charge is 0.497 e. The Balaban J connectivity index is 1.46. The van der Waals surface area contributed by atoms with Gasteiger partial charge in [-0.15, -0.1) is 11.3 Å². The van der Waals surface area contributed by atoms with Gasteiger partial charge in [0.05, 0.1) is 19.3 Å². The Morgan fingerprint density at radius 3 is 2.96 bits per heavy atom. The number of rotatable bonds is 5. The molecule has 1 N–H and O–H groups in total. The SMILES string of the molecule is COc1ccc2c(C)c(C(=O)NCc3csc(N4CCCC4)n3)oc2c1. The van der Waals surface area contributed by atoms with Crippen LogP contribution in [-0.2, 0) is 6.54 Å². The number of nitrogens with one attached hydrogen (secondary N) is 1. The van der Waals surface area contributed by atoms with E-state index in [1.807, 2.05) is 24.4 Å². The number of fused-ring (bicyclic) bond motifs is 1. The lowest BCUT2D eigenvalue weighted by molar-refractivity contribution is 0.0924. The molecule has 136 valence electrons. The normalized spacial score (nSPS) is 14.2. The number of furan rings is 1. The number of ether oxygens (including phenoxy) is 1. The highest BCUT2D eigenvalue weighted by Crippen LogP contribution is 2.29. The van der Waals surface area contributed by atoms with Crippen molar-refractivity contribution in [2.45, 2.75) is 26.3 Å². The van der Waals surface area contributed by atoms with Crippen LogP contribution in [0, 0.1) is 6.92 Å². The number of methoxy groups -OCH3 is 1. The predicted molar refractivity (Wildman–Crippen MR) is 102 cm³/mol. The Bertz CT molecular complexity index is 941. The molecule has 1 aromatic carbocycles. The first-order chi connectivity index (χ1) is 12.7. The fraction of sp³-hybridized carbons (Fsp3) is 0.368. The van der Waals surface area contributed by atoms with Crippen LogP contribution < -0.4 is 15.0 Å². The molecule has 3 aromatic rings. The molecule has 0 saturated carbocycles. The molecule has 0 radical (unpaired) electrons. The maximum absolute atomic E-state index is 12.6. The van der Waals surface area contributed by atoms with E-state index in [4.69, 9.17) is 9.15 Å². The van der Waals surface area contributed by atoms with Gasteiger partial charge >= 0.3 is 0 Å². The highest BCUT2D eigenvalue weighted by molar-refractivity contribution is 7.13. The van der Waals surface area contributed by atoms with Crippen LogP contribution in [0.5, 0.6) is 5.75 Å². The van der Waals surface area contributed by atoms with Gasteiger partial charge in [-0.3, -0.25) is 4.79 Å². The molecule has 1 amide bonds. The van der Waals surface area contributed by atoms with E-state index in [1.54, 1.807) is 24.5 Å². The van der Waals surface area contributed by atoms with Gasteiger partial charge in [0, 0.05) is 35.5 Å². The fourth-order valence-corrected chi connectivity index (χ4v) is 4.11. The second kappa shape index (κ2) is 6.99. The summed E-state index contributed by atoms with van der Waals surface area (Å²) in [6.07, 6.45) is 2.45. The summed E-state index contributed by atoms with van der Waals surface area (Å²) in [6.45, 7) is 4.42. The zero-order valence-corrected chi connectivity index (χ0v) is 15.7. The monoisotopic (exact) mass is 371 g/mol. The summed E-state index contributed by atoms with van der Waals surface area (Å²) in [6, 6.07) is 5.57. The third-order valence-electron chi connectivity index (χ3n) is 4.70. The maximum atomic E-state index is 12.6. The number of amides is 1. The lowest BCUT2D eigenvalue weighted by Crippen LogP contribution is -2.23. The molecule has 1 fully saturated rings. The van der Waals surface area contributed by atoms with Gasteiger partial charge in [0.15, 0.2) is 10.9 Å². The van der Waals surface area contributed by atoms with Crippen molar-refractivity contribution < 1.29 is 13.9 Å². The Kier molecular flexibility index (Phi) is 4.55. The van der Waals surface area contributed by atoms with Gasteiger partial charge < -0.3 is 19.4 Å². The van der Waals surface area contributed by atoms with Gasteiger partial charge in [-0.2, -0.15) is 0 Å². The van der Waals surface area contributed by atoms with Crippen LogP contribution >= 0.6 is 11.3 Å². The number of hydrogen-bond acceptors (Lipinski definition) is 6. The number of nitrogens with zero attached hydrogens (tertiary/aromatic N) is 2. The van der Waals surface area contributed by atoms with E-state index in [2.05, 4.69) is 15.2 Å². The van der Waals surface area contributed by atoms with E-state index in [9.17, 15) is 4.79 Å². The Morgan fingerprint density at radius 2 is 2.19 bits per heavy atom. The molecule has 1 aliphatic heterocycles. The number of carbonyl (C=O) groups is 1. The molecule has 4 rings (SSSR count). The number of hydrogen-bond donors (Lipinski definition) is 1. The molecule has 6 nitrogen and oxygen atoms in total. The number of aromatic nitrogens is 1. The van der Waals surface area contributed by atoms with Gasteiger partial charge in [0.25, 0.3) is 5.91 Å². The third-order valence-corrected chi connectivity index (χ3v) is 5.65. The molecule has 0 aliphatic carbocycles. The molecule has 2 aromatic heterocycles. The Hall–Kier alpha value is -2.54. The fourth-order valence-electron chi connectivity index (χ4n) is 3.23. The maximum Gasteiger partial charge on any atom is 0.287 e. The predicted octanol–water partition coefficient (Wildman–Crippen LogP) is 3.74. The first-order valence-corrected chi connectivity index (χ1v) is 9.58. The minimum atomic E-state index is -0.228. The van der Waals surface area contributed by atoms with Crippen LogP contribution in [0.1, 0.15) is 34.7 Å². The van der Waals surface area contributed by atoms with Crippen LogP contribution in [0.2, 0.25) is 0 Å². The van der Waals surface area contributed by atoms with Crippen LogP contribution in [0.15, 0.2) is 28.0 Å². The lowest BCUT2D eigenvalue weighted by atomic mass is 10.1. The third kappa shape index (κ3) is 3.14. The first-order valence-electron chi connectivity index (χ1n) is 8.70. The quantitative estimate of drug-likeness (QED) is 0.740. The molecule has 0 spiro atoms. The van der Waals surface area contributed by atoms with Crippen molar-refractivity contribution >= 4 is 33.3 Å². The second-order valence-electron chi connectivity index (χ2n) is 6.42. The van der Waals surface area contributed by atoms with Gasteiger partial charge in [-0.1, -0.05) is 0 Å². The van der Waals surface area contributed by atoms with Crippen molar-refractivity contribution in [3.05, 3.63) is 40.6 Å². The minimum Gasteiger partial charge on any atom is -0.497 e. The average Bonchev–Trinajstić information content (AvgIpc) is 3.39. The van der Waals surface area contributed by atoms with Crippen molar-refractivity contribution in [1.82, 2.24) is 10.3 Å². The van der Waals surface area contributed by atoms with Crippen molar-refractivity contribution in [2.24, 2.45) is 0 Å². The van der Waals surface area contributed by atoms with Crippen LogP contribution in [0.4, 0.5) is 5.13 Å². The number of benzene rings is 1. The lowest BCUT2D eigenvalue weighted by Gasteiger charge is -2.12. The van der Waals surface area contributed by atoms with E-state index in [0.717, 1.165) is 34.9 Å². The van der Waals surface area contributed by atoms with Crippen LogP contribution in [-0.4, -0.2) is 31.1 Å². The smallest absolute Gasteiger partial charge is 0.287 e. The summed E-state index contributed by atoms with van der Waals surface area (Å²) in [5.74, 6) is 0.812. The molecule has 0 unspecified atom stereocenters. The van der Waals surface area contributed by atoms with E-state index in [1.165, 1.54) is 12.8 Å². The molecular formula is C19H21N3O3S. The second-order valence-corrected chi connectivity index (χ2v) is 7.25. The first kappa shape index (κ1) is 16.9. The highest BCUT2D eigenvalue weighted by atomic mass is 32.1. The summed E-state index contributed by atoms with van der Waals surface area (Å²) in [7, 11) is 1.61. The zero-order valence-electron chi connectivity index (χ0n) is 14.9. The Labute approximate surface area is 155 Å². The van der Waals surface area contributed by atoms with Gasteiger partial charge in [-0.25, -0.2) is 4.98 Å². The molecule has 26 heavy (non-hydrogen) atoms. The minimum absolute atomic E-state index is 0.228. The average molecular weight is 371 g/mol. The van der Waals surface area contributed by atoms with Crippen molar-refractivity contribution in [1.29, 1.82) is 0 Å². The summed E-state index contributed by atoms with van der Waals surface area (Å²) in [5.41, 5.74) is 2.36. The molecule has 7 heteroatoms. The number of anilines is 1. The van der Waals surface area contributed by atoms with Crippen LogP contribution in [0.3, 0.4) is 0 Å². The number of carbonyl (C=O) groups excluding carboxylic acids is 1. The summed E-state index contributed by atoms with van der Waals surface area (Å²) >= 11 is 1.63. The van der Waals surface area contributed by atoms with Gasteiger partial charge in [-0.05, 0) is 31.9 Å². The highest BCUT2D eigenvalue weighted by Gasteiger charge is 2.19. The van der Waals surface area contributed by atoms with E-state index < -0.39 is 0 Å². The summed E-state index contributed by atoms with van der Waals surface area (Å²) < 4.78 is 11.0. The van der Waals surface area contributed by atoms with Crippen molar-refractivity contribution in [2.75, 3.05) is 25.1 Å². The Morgan fingerprint density at radius 1 is 1.38 bits per heavy atom. The van der Waals surface area contributed by atoms with Crippen LogP contribution in [0.25, 0.3) is 11.0 Å². The topological polar surface area (TPSA) is 67.6 Å². The van der Waals surface area contributed by atoms with Gasteiger partial charge in [0.1, 0.15) is 11.3 Å². The molecule has 0 atom stereocenters. The summed E-state index contributed by atoms with van der Waals surface area (Å²) in [5, 5.41) is 6.87. The van der Waals surface area contributed by atoms with E-state index >= 15 is 0 Å². The molecule has 3 heterocycles. The zero-order chi connectivity index (χ0) is 18.1. The molecule has 0 bridgehead atoms. The molecule has 1 saturated heterocycles. The van der Waals surface area contributed by atoms with Crippen molar-refractivity contribution in [3.63, 3.8) is 0 Å². The van der Waals surface area contributed by atoms with Gasteiger partial charge in [0.2, 0.25) is 0 Å². The summed E-state index contributed by atoms with van der Waals surface area (Å²) in [4.78, 5) is 19.5. The van der Waals surface area contributed by atoms with E-state index in [0.29, 0.717) is 23.6 Å². The molecular weight excluding hydrogens is 350 g/mol. The molecule has 1 aliphatic rings. The number of aryl methyl sites for hydroxylation is 1. The number of thiazole rings is 1.